The second-order valence-corrected chi connectivity index (χ2v) is 3.84. The van der Waals surface area contributed by atoms with E-state index in [1.807, 2.05) is 31.2 Å². The molecule has 84 valence electrons. The van der Waals surface area contributed by atoms with Crippen LogP contribution >= 0.6 is 23.3 Å². The molecule has 0 spiro atoms. The minimum atomic E-state index is 0.372. The van der Waals surface area contributed by atoms with Crippen LogP contribution in [0.2, 0.25) is 5.15 Å². The summed E-state index contributed by atoms with van der Waals surface area (Å²) in [7, 11) is 0. The van der Waals surface area contributed by atoms with Gasteiger partial charge < -0.3 is 10.1 Å². The summed E-state index contributed by atoms with van der Waals surface area (Å²) in [4.78, 5) is 0. The topological polar surface area (TPSA) is 47.0 Å². The predicted octanol–water partition coefficient (Wildman–Crippen LogP) is 3.33. The highest BCUT2D eigenvalue weighted by atomic mass is 35.5. The molecule has 0 saturated heterocycles. The van der Waals surface area contributed by atoms with Crippen LogP contribution in [0.1, 0.15) is 6.92 Å². The van der Waals surface area contributed by atoms with Gasteiger partial charge in [0.05, 0.1) is 24.0 Å². The zero-order valence-electron chi connectivity index (χ0n) is 8.61. The highest BCUT2D eigenvalue weighted by Crippen LogP contribution is 2.29. The van der Waals surface area contributed by atoms with Crippen LogP contribution in [-0.4, -0.2) is 15.4 Å². The third-order valence-corrected chi connectivity index (χ3v) is 2.78. The van der Waals surface area contributed by atoms with E-state index in [2.05, 4.69) is 14.1 Å². The average Bonchev–Trinajstić information content (AvgIpc) is 2.68. The van der Waals surface area contributed by atoms with Crippen molar-refractivity contribution in [2.45, 2.75) is 6.92 Å². The minimum Gasteiger partial charge on any atom is -0.492 e. The monoisotopic (exact) mass is 255 g/mol. The van der Waals surface area contributed by atoms with Crippen LogP contribution in [0.3, 0.4) is 0 Å². The highest BCUT2D eigenvalue weighted by molar-refractivity contribution is 6.99. The van der Waals surface area contributed by atoms with Crippen molar-refractivity contribution in [1.82, 2.24) is 8.75 Å². The Hall–Kier alpha value is -1.33. The summed E-state index contributed by atoms with van der Waals surface area (Å²) in [5.74, 6) is 1.33. The van der Waals surface area contributed by atoms with Crippen molar-refractivity contribution in [2.24, 2.45) is 0 Å². The summed E-state index contributed by atoms with van der Waals surface area (Å²) in [6, 6.07) is 7.62. The van der Waals surface area contributed by atoms with Crippen molar-refractivity contribution in [2.75, 3.05) is 11.9 Å². The molecular formula is C10H10ClN3OS. The van der Waals surface area contributed by atoms with Gasteiger partial charge in [0.15, 0.2) is 11.0 Å². The van der Waals surface area contributed by atoms with Gasteiger partial charge >= 0.3 is 0 Å². The molecule has 0 aliphatic rings. The van der Waals surface area contributed by atoms with Gasteiger partial charge in [0, 0.05) is 0 Å². The fourth-order valence-corrected chi connectivity index (χ4v) is 1.88. The lowest BCUT2D eigenvalue weighted by atomic mass is 10.3. The molecule has 0 atom stereocenters. The van der Waals surface area contributed by atoms with Crippen LogP contribution in [0, 0.1) is 0 Å². The van der Waals surface area contributed by atoms with Crippen LogP contribution in [0.4, 0.5) is 11.5 Å². The van der Waals surface area contributed by atoms with E-state index in [1.165, 1.54) is 0 Å². The maximum absolute atomic E-state index is 5.85. The van der Waals surface area contributed by atoms with E-state index >= 15 is 0 Å². The molecule has 1 aromatic heterocycles. The second-order valence-electron chi connectivity index (χ2n) is 2.96. The minimum absolute atomic E-state index is 0.372. The van der Waals surface area contributed by atoms with E-state index in [1.54, 1.807) is 0 Å². The molecule has 0 fully saturated rings. The maximum Gasteiger partial charge on any atom is 0.187 e. The van der Waals surface area contributed by atoms with E-state index in [9.17, 15) is 0 Å². The molecule has 2 aromatic rings. The molecular weight excluding hydrogens is 246 g/mol. The number of nitrogens with zero attached hydrogens (tertiary/aromatic N) is 2. The molecule has 0 radical (unpaired) electrons. The van der Waals surface area contributed by atoms with E-state index in [-0.39, 0.29) is 0 Å². The van der Waals surface area contributed by atoms with Crippen LogP contribution in [0.25, 0.3) is 0 Å². The molecule has 0 bridgehead atoms. The van der Waals surface area contributed by atoms with Crippen molar-refractivity contribution in [1.29, 1.82) is 0 Å². The Kier molecular flexibility index (Phi) is 3.58. The van der Waals surface area contributed by atoms with Gasteiger partial charge in [-0.3, -0.25) is 0 Å². The number of benzene rings is 1. The first-order valence-corrected chi connectivity index (χ1v) is 5.89. The third-order valence-electron chi connectivity index (χ3n) is 1.89. The van der Waals surface area contributed by atoms with Crippen LogP contribution < -0.4 is 10.1 Å². The quantitative estimate of drug-likeness (QED) is 0.910. The normalized spacial score (nSPS) is 10.1. The largest absolute Gasteiger partial charge is 0.492 e. The lowest BCUT2D eigenvalue weighted by molar-refractivity contribution is 0.342. The molecule has 2 rings (SSSR count). The van der Waals surface area contributed by atoms with E-state index < -0.39 is 0 Å². The first-order valence-electron chi connectivity index (χ1n) is 4.78. The first-order chi connectivity index (χ1) is 7.81. The number of aromatic nitrogens is 2. The Labute approximate surface area is 103 Å². The number of rotatable bonds is 4. The number of halogens is 1. The maximum atomic E-state index is 5.85. The van der Waals surface area contributed by atoms with Crippen molar-refractivity contribution in [3.05, 3.63) is 29.4 Å². The SMILES string of the molecule is CCOc1ccccc1Nc1nsnc1Cl. The number of hydrogen-bond acceptors (Lipinski definition) is 5. The van der Waals surface area contributed by atoms with Gasteiger partial charge in [-0.1, -0.05) is 23.7 Å². The zero-order chi connectivity index (χ0) is 11.4. The molecule has 0 amide bonds. The Morgan fingerprint density at radius 3 is 2.88 bits per heavy atom. The number of ether oxygens (including phenoxy) is 1. The molecule has 0 aliphatic carbocycles. The average molecular weight is 256 g/mol. The van der Waals surface area contributed by atoms with Gasteiger partial charge in [-0.15, -0.1) is 0 Å². The summed E-state index contributed by atoms with van der Waals surface area (Å²) >= 11 is 6.92. The van der Waals surface area contributed by atoms with Gasteiger partial charge in [0.25, 0.3) is 0 Å². The van der Waals surface area contributed by atoms with Gasteiger partial charge in [-0.25, -0.2) is 0 Å². The number of nitrogens with one attached hydrogen (secondary N) is 1. The summed E-state index contributed by atoms with van der Waals surface area (Å²) in [6.45, 7) is 2.55. The fraction of sp³-hybridized carbons (Fsp3) is 0.200. The van der Waals surface area contributed by atoms with Crippen molar-refractivity contribution in [3.63, 3.8) is 0 Å². The smallest absolute Gasteiger partial charge is 0.187 e. The molecule has 6 heteroatoms. The van der Waals surface area contributed by atoms with E-state index in [0.717, 1.165) is 23.2 Å². The molecule has 1 N–H and O–H groups in total. The van der Waals surface area contributed by atoms with E-state index in [0.29, 0.717) is 17.6 Å². The number of hydrogen-bond donors (Lipinski definition) is 1. The summed E-state index contributed by atoms with van der Waals surface area (Å²) in [5, 5.41) is 3.46. The van der Waals surface area contributed by atoms with Crippen LogP contribution in [-0.2, 0) is 0 Å². The zero-order valence-corrected chi connectivity index (χ0v) is 10.2. The molecule has 4 nitrogen and oxygen atoms in total. The lowest BCUT2D eigenvalue weighted by Gasteiger charge is -2.10. The predicted molar refractivity (Wildman–Crippen MR) is 65.8 cm³/mol. The highest BCUT2D eigenvalue weighted by Gasteiger charge is 2.08. The third kappa shape index (κ3) is 2.43. The van der Waals surface area contributed by atoms with Crippen molar-refractivity contribution in [3.8, 4) is 5.75 Å². The molecule has 0 saturated carbocycles. The Bertz CT molecular complexity index is 475. The second kappa shape index (κ2) is 5.14. The van der Waals surface area contributed by atoms with E-state index in [4.69, 9.17) is 16.3 Å². The molecule has 0 aliphatic heterocycles. The Morgan fingerprint density at radius 1 is 1.38 bits per heavy atom. The standard InChI is InChI=1S/C10H10ClN3OS/c1-2-15-8-6-4-3-5-7(8)12-10-9(11)13-16-14-10/h3-6H,2H2,1H3,(H,12,14). The van der Waals surface area contributed by atoms with Crippen LogP contribution in [0.5, 0.6) is 5.75 Å². The molecule has 0 unspecified atom stereocenters. The summed E-state index contributed by atoms with van der Waals surface area (Å²) in [6.07, 6.45) is 0. The van der Waals surface area contributed by atoms with Gasteiger partial charge in [0.1, 0.15) is 5.75 Å². The van der Waals surface area contributed by atoms with Crippen molar-refractivity contribution >= 4 is 34.8 Å². The number of anilines is 2. The van der Waals surface area contributed by atoms with Gasteiger partial charge in [-0.2, -0.15) is 8.75 Å². The Morgan fingerprint density at radius 2 is 2.19 bits per heavy atom. The molecule has 16 heavy (non-hydrogen) atoms. The summed E-state index contributed by atoms with van der Waals surface area (Å²) < 4.78 is 13.4. The van der Waals surface area contributed by atoms with Crippen molar-refractivity contribution < 1.29 is 4.74 Å². The Balaban J connectivity index is 2.24. The molecule has 1 aromatic carbocycles. The summed E-state index contributed by atoms with van der Waals surface area (Å²) in [5.41, 5.74) is 0.832. The van der Waals surface area contributed by atoms with Crippen LogP contribution in [0.15, 0.2) is 24.3 Å². The first kappa shape index (κ1) is 11.2. The number of para-hydroxylation sites is 2. The molecule has 1 heterocycles. The van der Waals surface area contributed by atoms with Gasteiger partial charge in [0.2, 0.25) is 0 Å². The lowest BCUT2D eigenvalue weighted by Crippen LogP contribution is -1.97. The fourth-order valence-electron chi connectivity index (χ4n) is 1.23. The van der Waals surface area contributed by atoms with Gasteiger partial charge in [-0.05, 0) is 19.1 Å².